The van der Waals surface area contributed by atoms with Crippen LogP contribution in [0.5, 0.6) is 0 Å². The molecule has 1 unspecified atom stereocenters. The van der Waals surface area contributed by atoms with Gasteiger partial charge in [0.2, 0.25) is 0 Å². The van der Waals surface area contributed by atoms with E-state index in [-0.39, 0.29) is 5.69 Å². The van der Waals surface area contributed by atoms with E-state index in [1.807, 2.05) is 12.1 Å². The van der Waals surface area contributed by atoms with Crippen molar-refractivity contribution in [3.8, 4) is 0 Å². The van der Waals surface area contributed by atoms with Crippen LogP contribution in [0.25, 0.3) is 10.9 Å². The van der Waals surface area contributed by atoms with Crippen molar-refractivity contribution in [1.82, 2.24) is 15.1 Å². The number of aromatic nitrogens is 2. The van der Waals surface area contributed by atoms with Crippen LogP contribution in [0.4, 0.5) is 0 Å². The van der Waals surface area contributed by atoms with Gasteiger partial charge in [-0.15, -0.1) is 0 Å². The van der Waals surface area contributed by atoms with Crippen molar-refractivity contribution in [2.24, 2.45) is 5.41 Å². The van der Waals surface area contributed by atoms with Gasteiger partial charge in [0.25, 0.3) is 5.91 Å². The first-order chi connectivity index (χ1) is 13.6. The first-order valence-electron chi connectivity index (χ1n) is 9.01. The van der Waals surface area contributed by atoms with E-state index in [1.165, 1.54) is 0 Å². The van der Waals surface area contributed by atoms with Crippen molar-refractivity contribution in [2.75, 3.05) is 0 Å². The second-order valence-electron chi connectivity index (χ2n) is 7.87. The van der Waals surface area contributed by atoms with Gasteiger partial charge in [0.15, 0.2) is 5.69 Å². The molecule has 0 radical (unpaired) electrons. The molecule has 6 nitrogen and oxygen atoms in total. The van der Waals surface area contributed by atoms with E-state index < -0.39 is 23.3 Å². The minimum absolute atomic E-state index is 0.168. The molecule has 3 aromatic rings. The Morgan fingerprint density at radius 1 is 1.17 bits per heavy atom. The number of fused-ring (bicyclic) bond motifs is 1. The largest absolute Gasteiger partial charge is 0.480 e. The molecule has 1 heterocycles. The van der Waals surface area contributed by atoms with Crippen LogP contribution in [0, 0.1) is 5.41 Å². The lowest BCUT2D eigenvalue weighted by atomic mass is 9.86. The Kier molecular flexibility index (Phi) is 5.87. The second kappa shape index (κ2) is 8.05. The summed E-state index contributed by atoms with van der Waals surface area (Å²) >= 11 is 12.2. The lowest BCUT2D eigenvalue weighted by Gasteiger charge is -2.27. The maximum atomic E-state index is 12.9. The molecule has 1 aromatic heterocycles. The van der Waals surface area contributed by atoms with Gasteiger partial charge in [0.05, 0.1) is 12.1 Å². The van der Waals surface area contributed by atoms with E-state index in [1.54, 1.807) is 55.8 Å². The third kappa shape index (κ3) is 4.54. The van der Waals surface area contributed by atoms with Crippen LogP contribution >= 0.6 is 23.2 Å². The zero-order valence-electron chi connectivity index (χ0n) is 16.2. The predicted molar refractivity (Wildman–Crippen MR) is 114 cm³/mol. The number of carbonyl (C=O) groups is 2. The topological polar surface area (TPSA) is 84.2 Å². The molecule has 3 rings (SSSR count). The Hall–Kier alpha value is -2.57. The van der Waals surface area contributed by atoms with Crippen LogP contribution in [-0.4, -0.2) is 32.8 Å². The molecule has 0 aliphatic heterocycles. The minimum atomic E-state index is -1.09. The summed E-state index contributed by atoms with van der Waals surface area (Å²) in [7, 11) is 0. The Labute approximate surface area is 178 Å². The number of carboxylic acid groups (broad SMARTS) is 1. The van der Waals surface area contributed by atoms with Crippen molar-refractivity contribution in [3.63, 3.8) is 0 Å². The summed E-state index contributed by atoms with van der Waals surface area (Å²) in [4.78, 5) is 24.5. The molecule has 0 fully saturated rings. The van der Waals surface area contributed by atoms with Gasteiger partial charge in [0.1, 0.15) is 6.04 Å². The molecular weight excluding hydrogens is 413 g/mol. The third-order valence-electron chi connectivity index (χ3n) is 4.60. The van der Waals surface area contributed by atoms with E-state index >= 15 is 0 Å². The monoisotopic (exact) mass is 433 g/mol. The van der Waals surface area contributed by atoms with Crippen molar-refractivity contribution in [2.45, 2.75) is 33.4 Å². The van der Waals surface area contributed by atoms with E-state index in [0.717, 1.165) is 11.1 Å². The van der Waals surface area contributed by atoms with Crippen LogP contribution < -0.4 is 5.32 Å². The van der Waals surface area contributed by atoms with Gasteiger partial charge in [-0.05, 0) is 29.2 Å². The zero-order chi connectivity index (χ0) is 21.3. The number of carbonyl (C=O) groups excluding carboxylic acids is 1. The normalized spacial score (nSPS) is 12.7. The molecule has 0 aliphatic rings. The number of hydrogen-bond acceptors (Lipinski definition) is 3. The highest BCUT2D eigenvalue weighted by Crippen LogP contribution is 2.25. The summed E-state index contributed by atoms with van der Waals surface area (Å²) in [6, 6.07) is 11.4. The first-order valence-corrected chi connectivity index (χ1v) is 9.76. The highest BCUT2D eigenvalue weighted by atomic mass is 35.5. The van der Waals surface area contributed by atoms with Gasteiger partial charge in [0, 0.05) is 15.4 Å². The van der Waals surface area contributed by atoms with Gasteiger partial charge in [-0.2, -0.15) is 5.10 Å². The lowest BCUT2D eigenvalue weighted by molar-refractivity contribution is -0.142. The summed E-state index contributed by atoms with van der Waals surface area (Å²) in [5, 5.41) is 18.2. The van der Waals surface area contributed by atoms with Crippen LogP contribution in [0.15, 0.2) is 42.5 Å². The number of aliphatic carboxylic acids is 1. The standard InChI is InChI=1S/C21H21Cl2N3O3/c1-21(2,3)18(20(28)29)24-19(27)17-14-6-4-5-7-16(14)26(25-17)11-12-8-9-13(22)10-15(12)23/h4-10,18H,11H2,1-3H3,(H,24,27)(H,28,29). The van der Waals surface area contributed by atoms with Crippen LogP contribution in [0.2, 0.25) is 10.0 Å². The highest BCUT2D eigenvalue weighted by Gasteiger charge is 2.33. The zero-order valence-corrected chi connectivity index (χ0v) is 17.8. The van der Waals surface area contributed by atoms with Gasteiger partial charge in [-0.25, -0.2) is 4.79 Å². The number of amides is 1. The van der Waals surface area contributed by atoms with Gasteiger partial charge < -0.3 is 10.4 Å². The average molecular weight is 434 g/mol. The molecule has 152 valence electrons. The number of hydrogen-bond donors (Lipinski definition) is 2. The van der Waals surface area contributed by atoms with Crippen LogP contribution in [-0.2, 0) is 11.3 Å². The SMILES string of the molecule is CC(C)(C)C(NC(=O)c1nn(Cc2ccc(Cl)cc2Cl)c2ccccc12)C(=O)O. The van der Waals surface area contributed by atoms with Crippen molar-refractivity contribution in [3.05, 3.63) is 63.8 Å². The number of nitrogens with zero attached hydrogens (tertiary/aromatic N) is 2. The molecule has 8 heteroatoms. The molecule has 0 aliphatic carbocycles. The number of halogens is 2. The molecule has 0 spiro atoms. The Morgan fingerprint density at radius 3 is 2.48 bits per heavy atom. The summed E-state index contributed by atoms with van der Waals surface area (Å²) in [6.07, 6.45) is 0. The van der Waals surface area contributed by atoms with E-state index in [4.69, 9.17) is 23.2 Å². The summed E-state index contributed by atoms with van der Waals surface area (Å²) in [5.41, 5.74) is 1.05. The number of rotatable bonds is 5. The predicted octanol–water partition coefficient (Wildman–Crippen LogP) is 4.62. The number of para-hydroxylation sites is 1. The molecule has 0 saturated carbocycles. The summed E-state index contributed by atoms with van der Waals surface area (Å²) < 4.78 is 1.67. The Morgan fingerprint density at radius 2 is 1.86 bits per heavy atom. The van der Waals surface area contributed by atoms with Crippen molar-refractivity contribution in [1.29, 1.82) is 0 Å². The highest BCUT2D eigenvalue weighted by molar-refractivity contribution is 6.35. The Bertz CT molecular complexity index is 1090. The molecule has 0 saturated heterocycles. The molecule has 2 aromatic carbocycles. The number of nitrogens with one attached hydrogen (secondary N) is 1. The fraction of sp³-hybridized carbons (Fsp3) is 0.286. The van der Waals surface area contributed by atoms with Crippen molar-refractivity contribution < 1.29 is 14.7 Å². The van der Waals surface area contributed by atoms with Crippen LogP contribution in [0.3, 0.4) is 0 Å². The molecular formula is C21H21Cl2N3O3. The minimum Gasteiger partial charge on any atom is -0.480 e. The molecule has 0 bridgehead atoms. The van der Waals surface area contributed by atoms with E-state index in [2.05, 4.69) is 10.4 Å². The van der Waals surface area contributed by atoms with Crippen molar-refractivity contribution >= 4 is 46.0 Å². The quantitative estimate of drug-likeness (QED) is 0.614. The van der Waals surface area contributed by atoms with E-state index in [9.17, 15) is 14.7 Å². The lowest BCUT2D eigenvalue weighted by Crippen LogP contribution is -2.49. The molecule has 29 heavy (non-hydrogen) atoms. The fourth-order valence-electron chi connectivity index (χ4n) is 3.08. The maximum Gasteiger partial charge on any atom is 0.326 e. The Balaban J connectivity index is 1.99. The fourth-order valence-corrected chi connectivity index (χ4v) is 3.54. The molecule has 2 N–H and O–H groups in total. The first kappa shape index (κ1) is 21.1. The van der Waals surface area contributed by atoms with Gasteiger partial charge >= 0.3 is 5.97 Å². The molecule has 1 atom stereocenters. The molecule has 1 amide bonds. The smallest absolute Gasteiger partial charge is 0.326 e. The summed E-state index contributed by atoms with van der Waals surface area (Å²) in [6.45, 7) is 5.60. The number of benzene rings is 2. The summed E-state index contributed by atoms with van der Waals surface area (Å²) in [5.74, 6) is -1.63. The maximum absolute atomic E-state index is 12.9. The van der Waals surface area contributed by atoms with E-state index in [0.29, 0.717) is 22.0 Å². The second-order valence-corrected chi connectivity index (χ2v) is 8.71. The van der Waals surface area contributed by atoms with Gasteiger partial charge in [-0.1, -0.05) is 68.2 Å². The van der Waals surface area contributed by atoms with Gasteiger partial charge in [-0.3, -0.25) is 9.48 Å². The van der Waals surface area contributed by atoms with Crippen LogP contribution in [0.1, 0.15) is 36.8 Å². The number of carboxylic acids is 1. The third-order valence-corrected chi connectivity index (χ3v) is 5.18. The average Bonchev–Trinajstić information content (AvgIpc) is 2.99.